The second-order valence-corrected chi connectivity index (χ2v) is 2.72. The zero-order valence-electron chi connectivity index (χ0n) is 8.93. The molecule has 0 aromatic rings. The number of halogens is 2. The zero-order chi connectivity index (χ0) is 11.8. The molecule has 0 radical (unpaired) electrons. The highest BCUT2D eigenvalue weighted by molar-refractivity contribution is 5.68. The van der Waals surface area contributed by atoms with Crippen LogP contribution in [0.4, 0.5) is 13.6 Å². The van der Waals surface area contributed by atoms with Gasteiger partial charge in [0.25, 0.3) is 0 Å². The van der Waals surface area contributed by atoms with Crippen molar-refractivity contribution in [1.29, 1.82) is 0 Å². The molecular weight excluding hydrogens is 204 g/mol. The molecule has 86 valence electrons. The van der Waals surface area contributed by atoms with E-state index < -0.39 is 17.9 Å². The van der Waals surface area contributed by atoms with E-state index in [9.17, 15) is 13.6 Å². The fraction of sp³-hybridized carbons (Fsp3) is 0.500. The predicted molar refractivity (Wildman–Crippen MR) is 53.5 cm³/mol. The molecule has 0 bridgehead atoms. The Morgan fingerprint density at radius 3 is 2.27 bits per heavy atom. The van der Waals surface area contributed by atoms with E-state index in [1.54, 1.807) is 13.8 Å². The van der Waals surface area contributed by atoms with Crippen LogP contribution in [-0.2, 0) is 4.74 Å². The van der Waals surface area contributed by atoms with Crippen molar-refractivity contribution in [3.05, 3.63) is 24.5 Å². The van der Waals surface area contributed by atoms with E-state index in [0.717, 1.165) is 0 Å². The third-order valence-corrected chi connectivity index (χ3v) is 1.77. The summed E-state index contributed by atoms with van der Waals surface area (Å²) in [4.78, 5) is 12.6. The first-order valence-electron chi connectivity index (χ1n) is 4.68. The van der Waals surface area contributed by atoms with Crippen molar-refractivity contribution in [1.82, 2.24) is 4.90 Å². The lowest BCUT2D eigenvalue weighted by Gasteiger charge is -2.18. The number of allylic oxidation sites excluding steroid dienone is 1. The van der Waals surface area contributed by atoms with Crippen molar-refractivity contribution in [2.24, 2.45) is 0 Å². The third-order valence-electron chi connectivity index (χ3n) is 1.77. The summed E-state index contributed by atoms with van der Waals surface area (Å²) in [5.41, 5.74) is 0. The van der Waals surface area contributed by atoms with Crippen LogP contribution in [0, 0.1) is 0 Å². The lowest BCUT2D eigenvalue weighted by atomic mass is 10.4. The summed E-state index contributed by atoms with van der Waals surface area (Å²) in [6.45, 7) is 7.63. The quantitative estimate of drug-likeness (QED) is 0.525. The number of ether oxygens (including phenoxy) is 1. The molecule has 0 saturated carbocycles. The van der Waals surface area contributed by atoms with Crippen LogP contribution in [0.5, 0.6) is 0 Å². The van der Waals surface area contributed by atoms with E-state index in [1.165, 1.54) is 11.0 Å². The number of nitrogens with zero attached hydrogens (tertiary/aromatic N) is 1. The van der Waals surface area contributed by atoms with Gasteiger partial charge in [-0.05, 0) is 13.8 Å². The fourth-order valence-corrected chi connectivity index (χ4v) is 0.940. The average Bonchev–Trinajstić information content (AvgIpc) is 2.18. The number of carbonyl (C=O) groups is 1. The Bertz CT molecular complexity index is 256. The van der Waals surface area contributed by atoms with Crippen molar-refractivity contribution < 1.29 is 18.3 Å². The second kappa shape index (κ2) is 6.98. The molecule has 0 unspecified atom stereocenters. The summed E-state index contributed by atoms with van der Waals surface area (Å²) >= 11 is 0. The Balaban J connectivity index is 4.48. The first-order valence-corrected chi connectivity index (χ1v) is 4.68. The van der Waals surface area contributed by atoms with E-state index in [-0.39, 0.29) is 6.42 Å². The summed E-state index contributed by atoms with van der Waals surface area (Å²) in [5.74, 6) is -0.637. The van der Waals surface area contributed by atoms with Gasteiger partial charge in [0, 0.05) is 19.5 Å². The summed E-state index contributed by atoms with van der Waals surface area (Å²) < 4.78 is 29.0. The first kappa shape index (κ1) is 13.6. The minimum Gasteiger partial charge on any atom is -0.409 e. The van der Waals surface area contributed by atoms with Crippen molar-refractivity contribution in [2.75, 3.05) is 13.1 Å². The van der Waals surface area contributed by atoms with E-state index in [0.29, 0.717) is 13.1 Å². The van der Waals surface area contributed by atoms with Gasteiger partial charge in [0.15, 0.2) is 5.76 Å². The molecule has 0 saturated heterocycles. The van der Waals surface area contributed by atoms with Crippen LogP contribution >= 0.6 is 0 Å². The lowest BCUT2D eigenvalue weighted by molar-refractivity contribution is 0.125. The molecule has 0 fully saturated rings. The number of amides is 1. The summed E-state index contributed by atoms with van der Waals surface area (Å²) in [5, 5.41) is 0. The Morgan fingerprint density at radius 2 is 1.93 bits per heavy atom. The van der Waals surface area contributed by atoms with Crippen molar-refractivity contribution in [3.8, 4) is 0 Å². The maximum atomic E-state index is 12.3. The largest absolute Gasteiger partial charge is 0.415 e. The Hall–Kier alpha value is -1.39. The van der Waals surface area contributed by atoms with E-state index in [2.05, 4.69) is 11.3 Å². The average molecular weight is 219 g/mol. The van der Waals surface area contributed by atoms with Crippen molar-refractivity contribution in [3.63, 3.8) is 0 Å². The fourth-order valence-electron chi connectivity index (χ4n) is 0.940. The number of hydrogen-bond acceptors (Lipinski definition) is 2. The molecule has 3 nitrogen and oxygen atoms in total. The molecule has 0 atom stereocenters. The topological polar surface area (TPSA) is 29.5 Å². The normalized spacial score (nSPS) is 9.33. The number of rotatable bonds is 5. The molecule has 15 heavy (non-hydrogen) atoms. The van der Waals surface area contributed by atoms with Crippen molar-refractivity contribution in [2.45, 2.75) is 20.3 Å². The summed E-state index contributed by atoms with van der Waals surface area (Å²) in [6, 6.07) is 0. The van der Waals surface area contributed by atoms with E-state index in [4.69, 9.17) is 0 Å². The van der Waals surface area contributed by atoms with Crippen LogP contribution in [0.1, 0.15) is 20.3 Å². The summed E-state index contributed by atoms with van der Waals surface area (Å²) in [7, 11) is 0. The monoisotopic (exact) mass is 219 g/mol. The molecule has 0 rings (SSSR count). The molecule has 0 aromatic carbocycles. The highest BCUT2D eigenvalue weighted by Crippen LogP contribution is 2.15. The molecule has 0 aromatic heterocycles. The van der Waals surface area contributed by atoms with Gasteiger partial charge in [0.2, 0.25) is 0 Å². The van der Waals surface area contributed by atoms with Gasteiger partial charge >= 0.3 is 12.2 Å². The van der Waals surface area contributed by atoms with Crippen LogP contribution in [0.25, 0.3) is 0 Å². The van der Waals surface area contributed by atoms with E-state index >= 15 is 0 Å². The highest BCUT2D eigenvalue weighted by Gasteiger charge is 2.16. The highest BCUT2D eigenvalue weighted by atomic mass is 19.3. The van der Waals surface area contributed by atoms with Gasteiger partial charge in [-0.2, -0.15) is 8.78 Å². The van der Waals surface area contributed by atoms with E-state index in [1.807, 2.05) is 0 Å². The van der Waals surface area contributed by atoms with Crippen LogP contribution in [0.15, 0.2) is 24.5 Å². The smallest absolute Gasteiger partial charge is 0.409 e. The molecule has 0 aliphatic carbocycles. The maximum absolute atomic E-state index is 12.3. The Kier molecular flexibility index (Phi) is 6.33. The van der Waals surface area contributed by atoms with Crippen LogP contribution in [0.3, 0.4) is 0 Å². The summed E-state index contributed by atoms with van der Waals surface area (Å²) in [6.07, 6.45) is -1.65. The molecule has 0 heterocycles. The zero-order valence-corrected chi connectivity index (χ0v) is 8.93. The maximum Gasteiger partial charge on any atom is 0.415 e. The molecule has 0 aliphatic heterocycles. The van der Waals surface area contributed by atoms with Gasteiger partial charge in [-0.15, -0.1) is 6.58 Å². The molecule has 5 heteroatoms. The van der Waals surface area contributed by atoms with Gasteiger partial charge in [-0.3, -0.25) is 0 Å². The standard InChI is InChI=1S/C10H15F2NO2/c1-4-7-8(9(11)12)15-10(14)13(5-2)6-3/h4H,1,5-7H2,2-3H3. The lowest BCUT2D eigenvalue weighted by Crippen LogP contribution is -2.30. The molecule has 0 aliphatic rings. The van der Waals surface area contributed by atoms with Gasteiger partial charge in [0.05, 0.1) is 0 Å². The Labute approximate surface area is 88.0 Å². The number of hydrogen-bond donors (Lipinski definition) is 0. The van der Waals surface area contributed by atoms with Crippen LogP contribution in [-0.4, -0.2) is 24.1 Å². The molecule has 0 spiro atoms. The molecule has 0 N–H and O–H groups in total. The van der Waals surface area contributed by atoms with Crippen molar-refractivity contribution >= 4 is 6.09 Å². The van der Waals surface area contributed by atoms with Gasteiger partial charge < -0.3 is 9.64 Å². The number of carbonyl (C=O) groups excluding carboxylic acids is 1. The third kappa shape index (κ3) is 4.58. The van der Waals surface area contributed by atoms with Gasteiger partial charge in [0.1, 0.15) is 0 Å². The van der Waals surface area contributed by atoms with Crippen LogP contribution in [0.2, 0.25) is 0 Å². The Morgan fingerprint density at radius 1 is 1.40 bits per heavy atom. The SMILES string of the molecule is C=CCC(OC(=O)N(CC)CC)=C(F)F. The predicted octanol–water partition coefficient (Wildman–Crippen LogP) is 3.15. The minimum atomic E-state index is -1.99. The molecule has 1 amide bonds. The first-order chi connectivity index (χ1) is 7.06. The molecular formula is C10H15F2NO2. The van der Waals surface area contributed by atoms with Crippen LogP contribution < -0.4 is 0 Å². The minimum absolute atomic E-state index is 0.157. The van der Waals surface area contributed by atoms with Gasteiger partial charge in [-0.1, -0.05) is 6.08 Å². The van der Waals surface area contributed by atoms with Gasteiger partial charge in [-0.25, -0.2) is 4.79 Å². The second-order valence-electron chi connectivity index (χ2n) is 2.72.